The summed E-state index contributed by atoms with van der Waals surface area (Å²) in [4.78, 5) is 72.4. The topological polar surface area (TPSA) is 156 Å². The van der Waals surface area contributed by atoms with Crippen LogP contribution in [0.4, 0.5) is 5.69 Å². The summed E-state index contributed by atoms with van der Waals surface area (Å²) in [5.74, 6) is -0.969. The van der Waals surface area contributed by atoms with Gasteiger partial charge in [-0.3, -0.25) is 39.1 Å². The van der Waals surface area contributed by atoms with Crippen LogP contribution in [0.5, 0.6) is 5.75 Å². The number of carbonyl (C=O) groups excluding carboxylic acids is 5. The van der Waals surface area contributed by atoms with Crippen molar-refractivity contribution in [3.63, 3.8) is 0 Å². The average Bonchev–Trinajstić information content (AvgIpc) is 3.84. The summed E-state index contributed by atoms with van der Waals surface area (Å²) >= 11 is 0. The Kier molecular flexibility index (Phi) is 9.04. The fourth-order valence-electron chi connectivity index (χ4n) is 8.13. The molecule has 0 spiro atoms. The Morgan fingerprint density at radius 1 is 0.904 bits per heavy atom. The lowest BCUT2D eigenvalue weighted by Crippen LogP contribution is -2.54. The van der Waals surface area contributed by atoms with E-state index in [-0.39, 0.29) is 30.5 Å². The number of H-pyrrole nitrogens is 1. The summed E-state index contributed by atoms with van der Waals surface area (Å²) in [5, 5.41) is 10.7. The molecular weight excluding hydrogens is 662 g/mol. The van der Waals surface area contributed by atoms with Crippen LogP contribution in [-0.2, 0) is 9.59 Å². The van der Waals surface area contributed by atoms with Gasteiger partial charge in [-0.25, -0.2) is 0 Å². The molecule has 2 aromatic carbocycles. The third kappa shape index (κ3) is 6.56. The van der Waals surface area contributed by atoms with Gasteiger partial charge in [-0.05, 0) is 113 Å². The summed E-state index contributed by atoms with van der Waals surface area (Å²) < 4.78 is 6.04. The number of imide groups is 2. The molecule has 0 saturated carbocycles. The standard InChI is InChI=1S/C39H43N7O6/c1-44-15-2-3-32(44)31-19-25-22-40-34(21-30(25)41-31)42-36(48)24-4-7-27(8-5-24)52-18-14-23-12-16-45(17-13-23)26-6-9-28-29(20-26)39(51)46(38(28)50)33-10-11-35(47)43-37(33)49/h4-9,19-23,32-34,40-41H,2-3,10-18H2,1H3,(H,42,48)(H,43,47,49)/t32-,33?,34?/m1/s1. The molecule has 3 saturated heterocycles. The van der Waals surface area contributed by atoms with Gasteiger partial charge in [0.05, 0.1) is 17.7 Å². The van der Waals surface area contributed by atoms with E-state index in [1.165, 1.54) is 12.1 Å². The van der Waals surface area contributed by atoms with Crippen molar-refractivity contribution < 1.29 is 28.7 Å². The molecule has 4 N–H and O–H groups in total. The average molecular weight is 706 g/mol. The number of ether oxygens (including phenoxy) is 1. The Hall–Kier alpha value is -5.43. The highest BCUT2D eigenvalue weighted by molar-refractivity contribution is 6.23. The Labute approximate surface area is 301 Å². The van der Waals surface area contributed by atoms with Gasteiger partial charge in [0.15, 0.2) is 0 Å². The van der Waals surface area contributed by atoms with E-state index in [0.29, 0.717) is 35.4 Å². The van der Waals surface area contributed by atoms with Crippen LogP contribution in [0.25, 0.3) is 12.3 Å². The van der Waals surface area contributed by atoms with E-state index < -0.39 is 29.7 Å². The van der Waals surface area contributed by atoms with Crippen LogP contribution < -0.4 is 36.2 Å². The second kappa shape index (κ2) is 13.9. The number of hydrogen-bond acceptors (Lipinski definition) is 9. The smallest absolute Gasteiger partial charge is 0.262 e. The van der Waals surface area contributed by atoms with E-state index >= 15 is 0 Å². The molecule has 5 aliphatic rings. The fraction of sp³-hybridized carbons (Fsp3) is 0.410. The maximum atomic E-state index is 13.3. The number of likely N-dealkylation sites (tertiary alicyclic amines) is 1. The normalized spacial score (nSPS) is 23.4. The maximum Gasteiger partial charge on any atom is 0.262 e. The van der Waals surface area contributed by atoms with Crippen molar-refractivity contribution in [2.24, 2.45) is 5.92 Å². The number of aromatic nitrogens is 1. The van der Waals surface area contributed by atoms with Gasteiger partial charge in [-0.15, -0.1) is 0 Å². The zero-order valence-electron chi connectivity index (χ0n) is 29.2. The molecule has 0 aliphatic carbocycles. The number of rotatable bonds is 9. The molecule has 3 aromatic rings. The molecule has 5 amide bonds. The SMILES string of the molecule is CN1CCC[C@@H]1c1cc2c([nH]1)=CC(NC(=O)c1ccc(OCCC3CCN(c4ccc5c(c4)C(=O)N(C4CCC(=O)NC4=O)C5=O)CC3)cc1)NC=2. The number of anilines is 1. The molecule has 0 bridgehead atoms. The molecule has 8 rings (SSSR count). The highest BCUT2D eigenvalue weighted by Gasteiger charge is 2.44. The minimum absolute atomic E-state index is 0.0898. The third-order valence-electron chi connectivity index (χ3n) is 11.1. The largest absolute Gasteiger partial charge is 0.494 e. The summed E-state index contributed by atoms with van der Waals surface area (Å²) in [6, 6.07) is 14.1. The van der Waals surface area contributed by atoms with E-state index in [9.17, 15) is 24.0 Å². The predicted octanol–water partition coefficient (Wildman–Crippen LogP) is 1.75. The number of amides is 5. The van der Waals surface area contributed by atoms with Crippen molar-refractivity contribution in [2.75, 3.05) is 38.2 Å². The highest BCUT2D eigenvalue weighted by Crippen LogP contribution is 2.33. The number of piperidine rings is 2. The van der Waals surface area contributed by atoms with Gasteiger partial charge < -0.3 is 25.3 Å². The Balaban J connectivity index is 0.790. The van der Waals surface area contributed by atoms with Crippen LogP contribution in [0, 0.1) is 5.92 Å². The first-order valence-corrected chi connectivity index (χ1v) is 18.2. The van der Waals surface area contributed by atoms with Crippen LogP contribution in [0.15, 0.2) is 48.5 Å². The summed E-state index contributed by atoms with van der Waals surface area (Å²) in [6.45, 7) is 3.29. The molecule has 13 heteroatoms. The molecule has 5 aliphatic heterocycles. The second-order valence-electron chi connectivity index (χ2n) is 14.4. The van der Waals surface area contributed by atoms with E-state index in [2.05, 4.69) is 43.8 Å². The third-order valence-corrected chi connectivity index (χ3v) is 11.1. The summed E-state index contributed by atoms with van der Waals surface area (Å²) in [7, 11) is 2.16. The minimum Gasteiger partial charge on any atom is -0.494 e. The van der Waals surface area contributed by atoms with Crippen molar-refractivity contribution >= 4 is 47.5 Å². The van der Waals surface area contributed by atoms with E-state index in [0.717, 1.165) is 66.5 Å². The number of fused-ring (bicyclic) bond motifs is 2. The lowest BCUT2D eigenvalue weighted by Gasteiger charge is -2.33. The van der Waals surface area contributed by atoms with Gasteiger partial charge in [0.2, 0.25) is 11.8 Å². The number of aromatic amines is 1. The zero-order chi connectivity index (χ0) is 35.9. The molecule has 3 atom stereocenters. The molecule has 3 fully saturated rings. The van der Waals surface area contributed by atoms with Crippen LogP contribution in [0.1, 0.15) is 87.8 Å². The van der Waals surface area contributed by atoms with E-state index in [1.54, 1.807) is 24.3 Å². The number of benzene rings is 2. The first-order valence-electron chi connectivity index (χ1n) is 18.2. The maximum absolute atomic E-state index is 13.3. The summed E-state index contributed by atoms with van der Waals surface area (Å²) in [5.41, 5.74) is 3.22. The fourth-order valence-corrected chi connectivity index (χ4v) is 8.13. The second-order valence-corrected chi connectivity index (χ2v) is 14.4. The Bertz CT molecular complexity index is 2050. The molecule has 1 aromatic heterocycles. The van der Waals surface area contributed by atoms with E-state index in [4.69, 9.17) is 4.74 Å². The number of carbonyl (C=O) groups is 5. The lowest BCUT2D eigenvalue weighted by molar-refractivity contribution is -0.136. The monoisotopic (exact) mass is 705 g/mol. The lowest BCUT2D eigenvalue weighted by atomic mass is 9.93. The van der Waals surface area contributed by atoms with Crippen LogP contribution in [-0.4, -0.2) is 89.8 Å². The van der Waals surface area contributed by atoms with Gasteiger partial charge >= 0.3 is 0 Å². The van der Waals surface area contributed by atoms with Crippen LogP contribution in [0.3, 0.4) is 0 Å². The molecule has 6 heterocycles. The molecular formula is C39H43N7O6. The highest BCUT2D eigenvalue weighted by atomic mass is 16.5. The molecule has 13 nitrogen and oxygen atoms in total. The number of hydrogen-bond donors (Lipinski definition) is 4. The Morgan fingerprint density at radius 2 is 1.69 bits per heavy atom. The zero-order valence-corrected chi connectivity index (χ0v) is 29.2. The van der Waals surface area contributed by atoms with Crippen molar-refractivity contribution in [1.82, 2.24) is 30.7 Å². The quantitative estimate of drug-likeness (QED) is 0.244. The van der Waals surface area contributed by atoms with E-state index in [1.807, 2.05) is 30.5 Å². The van der Waals surface area contributed by atoms with Crippen LogP contribution >= 0.6 is 0 Å². The summed E-state index contributed by atoms with van der Waals surface area (Å²) in [6.07, 6.45) is 9.03. The molecule has 0 radical (unpaired) electrons. The first-order chi connectivity index (χ1) is 25.2. The minimum atomic E-state index is -0.974. The van der Waals surface area contributed by atoms with Gasteiger partial charge in [0, 0.05) is 59.3 Å². The van der Waals surface area contributed by atoms with Gasteiger partial charge in [-0.2, -0.15) is 0 Å². The first kappa shape index (κ1) is 33.7. The molecule has 52 heavy (non-hydrogen) atoms. The molecule has 270 valence electrons. The predicted molar refractivity (Wildman–Crippen MR) is 193 cm³/mol. The van der Waals surface area contributed by atoms with Crippen molar-refractivity contribution in [2.45, 2.75) is 63.2 Å². The van der Waals surface area contributed by atoms with Crippen molar-refractivity contribution in [1.29, 1.82) is 0 Å². The Morgan fingerprint density at radius 3 is 2.44 bits per heavy atom. The van der Waals surface area contributed by atoms with Gasteiger partial charge in [0.25, 0.3) is 17.7 Å². The molecule has 2 unspecified atom stereocenters. The van der Waals surface area contributed by atoms with Crippen LogP contribution in [0.2, 0.25) is 0 Å². The van der Waals surface area contributed by atoms with Gasteiger partial charge in [-0.1, -0.05) is 0 Å². The number of nitrogens with one attached hydrogen (secondary N) is 4. The van der Waals surface area contributed by atoms with Crippen molar-refractivity contribution in [3.05, 3.63) is 81.5 Å². The van der Waals surface area contributed by atoms with Gasteiger partial charge in [0.1, 0.15) is 18.0 Å². The van der Waals surface area contributed by atoms with Crippen molar-refractivity contribution in [3.8, 4) is 5.75 Å². The number of nitrogens with zero attached hydrogens (tertiary/aromatic N) is 3.